The number of nitrogens with zero attached hydrogens (tertiary/aromatic N) is 4. The zero-order chi connectivity index (χ0) is 7.84. The summed E-state index contributed by atoms with van der Waals surface area (Å²) in [5, 5.41) is 9.28. The van der Waals surface area contributed by atoms with Gasteiger partial charge in [0.05, 0.1) is 0 Å². The molecule has 8 heteroatoms. The normalized spacial score (nSPS) is 9.67. The van der Waals surface area contributed by atoms with Crippen molar-refractivity contribution in [2.75, 3.05) is 5.73 Å². The van der Waals surface area contributed by atoms with Crippen LogP contribution in [0.15, 0.2) is 11.1 Å². The molecular weight excluding hydrogens is 184 g/mol. The molecule has 0 atom stereocenters. The quantitative estimate of drug-likeness (QED) is 0.542. The second-order valence-electron chi connectivity index (χ2n) is 1.91. The molecule has 64 valence electrons. The van der Waals surface area contributed by atoms with Crippen LogP contribution in [-0.4, -0.2) is 24.8 Å². The molecule has 0 spiro atoms. The van der Waals surface area contributed by atoms with E-state index in [1.165, 1.54) is 6.33 Å². The molecule has 0 saturated carbocycles. The minimum Gasteiger partial charge on any atom is -0.379 e. The van der Waals surface area contributed by atoms with Crippen LogP contribution in [0.4, 0.5) is 5.82 Å². The standard InChI is InChI=1S/C4H4N6O.ClH/c5-2-3-6-1-7-10(3)4(11)9-8-2;/h1H,(H2,5,8)(H,9,11);1H. The maximum atomic E-state index is 10.9. The first-order valence-corrected chi connectivity index (χ1v) is 2.83. The van der Waals surface area contributed by atoms with Gasteiger partial charge in [-0.05, 0) is 0 Å². The molecule has 0 bridgehead atoms. The highest BCUT2D eigenvalue weighted by atomic mass is 35.5. The fourth-order valence-electron chi connectivity index (χ4n) is 0.770. The molecule has 0 unspecified atom stereocenters. The van der Waals surface area contributed by atoms with Crippen LogP contribution in [0, 0.1) is 0 Å². The lowest BCUT2D eigenvalue weighted by Gasteiger charge is -1.90. The number of nitrogens with one attached hydrogen (secondary N) is 1. The van der Waals surface area contributed by atoms with E-state index in [-0.39, 0.29) is 23.9 Å². The Bertz CT molecular complexity index is 446. The van der Waals surface area contributed by atoms with E-state index in [1.807, 2.05) is 0 Å². The van der Waals surface area contributed by atoms with E-state index in [4.69, 9.17) is 5.73 Å². The Morgan fingerprint density at radius 2 is 2.33 bits per heavy atom. The second kappa shape index (κ2) is 2.78. The summed E-state index contributed by atoms with van der Waals surface area (Å²) in [6.07, 6.45) is 1.24. The summed E-state index contributed by atoms with van der Waals surface area (Å²) in [5.74, 6) is 0.155. The van der Waals surface area contributed by atoms with Gasteiger partial charge in [-0.25, -0.2) is 14.9 Å². The van der Waals surface area contributed by atoms with Crippen molar-refractivity contribution in [2.24, 2.45) is 0 Å². The molecule has 0 fully saturated rings. The average Bonchev–Trinajstić information content (AvgIpc) is 2.45. The number of hydrogen-bond acceptors (Lipinski definition) is 5. The largest absolute Gasteiger partial charge is 0.379 e. The number of nitrogens with two attached hydrogens (primary N) is 1. The van der Waals surface area contributed by atoms with E-state index in [0.717, 1.165) is 4.52 Å². The van der Waals surface area contributed by atoms with Crippen molar-refractivity contribution in [3.05, 3.63) is 16.8 Å². The van der Waals surface area contributed by atoms with E-state index in [9.17, 15) is 4.79 Å². The van der Waals surface area contributed by atoms with Crippen molar-refractivity contribution < 1.29 is 0 Å². The van der Waals surface area contributed by atoms with Gasteiger partial charge in [0.15, 0.2) is 5.82 Å². The third-order valence-corrected chi connectivity index (χ3v) is 1.24. The highest BCUT2D eigenvalue weighted by Gasteiger charge is 2.02. The molecular formula is C4H5ClN6O. The summed E-state index contributed by atoms with van der Waals surface area (Å²) in [7, 11) is 0. The Morgan fingerprint density at radius 1 is 1.58 bits per heavy atom. The molecule has 0 aliphatic carbocycles. The minimum absolute atomic E-state index is 0. The Hall–Kier alpha value is -1.63. The molecule has 2 rings (SSSR count). The number of H-pyrrole nitrogens is 1. The van der Waals surface area contributed by atoms with Gasteiger partial charge in [-0.1, -0.05) is 0 Å². The fourth-order valence-corrected chi connectivity index (χ4v) is 0.770. The zero-order valence-corrected chi connectivity index (χ0v) is 6.58. The van der Waals surface area contributed by atoms with E-state index in [0.29, 0.717) is 0 Å². The smallest absolute Gasteiger partial charge is 0.364 e. The maximum Gasteiger partial charge on any atom is 0.364 e. The summed E-state index contributed by atoms with van der Waals surface area (Å²) in [6.45, 7) is 0. The number of rotatable bonds is 0. The van der Waals surface area contributed by atoms with Gasteiger partial charge in [0, 0.05) is 0 Å². The summed E-state index contributed by atoms with van der Waals surface area (Å²) < 4.78 is 1.04. The predicted molar refractivity (Wildman–Crippen MR) is 43.1 cm³/mol. The summed E-state index contributed by atoms with van der Waals surface area (Å²) in [4.78, 5) is 14.6. The van der Waals surface area contributed by atoms with Gasteiger partial charge >= 0.3 is 5.69 Å². The van der Waals surface area contributed by atoms with Crippen LogP contribution in [-0.2, 0) is 0 Å². The monoisotopic (exact) mass is 188 g/mol. The summed E-state index contributed by atoms with van der Waals surface area (Å²) >= 11 is 0. The van der Waals surface area contributed by atoms with Crippen LogP contribution < -0.4 is 11.4 Å². The van der Waals surface area contributed by atoms with Crippen LogP contribution in [0.5, 0.6) is 0 Å². The molecule has 7 nitrogen and oxygen atoms in total. The number of aromatic amines is 1. The van der Waals surface area contributed by atoms with Crippen molar-refractivity contribution in [3.8, 4) is 0 Å². The van der Waals surface area contributed by atoms with Crippen LogP contribution in [0.25, 0.3) is 5.65 Å². The number of aromatic nitrogens is 5. The number of hydrogen-bond donors (Lipinski definition) is 2. The summed E-state index contributed by atoms with van der Waals surface area (Å²) in [6, 6.07) is 0. The molecule has 0 aliphatic heterocycles. The molecule has 2 heterocycles. The van der Waals surface area contributed by atoms with Crippen molar-refractivity contribution in [2.45, 2.75) is 0 Å². The lowest BCUT2D eigenvalue weighted by molar-refractivity contribution is 0.815. The first kappa shape index (κ1) is 8.47. The molecule has 3 N–H and O–H groups in total. The van der Waals surface area contributed by atoms with E-state index >= 15 is 0 Å². The first-order chi connectivity index (χ1) is 5.29. The van der Waals surface area contributed by atoms with Gasteiger partial charge in [0.25, 0.3) is 0 Å². The summed E-state index contributed by atoms with van der Waals surface area (Å²) in [5.41, 5.74) is 5.18. The van der Waals surface area contributed by atoms with Gasteiger partial charge in [0.1, 0.15) is 6.33 Å². The second-order valence-corrected chi connectivity index (χ2v) is 1.91. The van der Waals surface area contributed by atoms with Crippen molar-refractivity contribution in [1.82, 2.24) is 24.8 Å². The zero-order valence-electron chi connectivity index (χ0n) is 5.76. The highest BCUT2D eigenvalue weighted by molar-refractivity contribution is 5.85. The maximum absolute atomic E-state index is 10.9. The Labute approximate surface area is 72.0 Å². The Morgan fingerprint density at radius 3 is 3.00 bits per heavy atom. The minimum atomic E-state index is -0.452. The Kier molecular flexibility index (Phi) is 1.96. The third kappa shape index (κ3) is 0.996. The van der Waals surface area contributed by atoms with Gasteiger partial charge in [-0.3, -0.25) is 0 Å². The van der Waals surface area contributed by atoms with Crippen LogP contribution >= 0.6 is 12.4 Å². The van der Waals surface area contributed by atoms with Crippen molar-refractivity contribution in [3.63, 3.8) is 0 Å². The van der Waals surface area contributed by atoms with Crippen molar-refractivity contribution in [1.29, 1.82) is 0 Å². The van der Waals surface area contributed by atoms with Gasteiger partial charge in [0.2, 0.25) is 5.65 Å². The molecule has 0 aromatic carbocycles. The van der Waals surface area contributed by atoms with E-state index < -0.39 is 5.69 Å². The number of anilines is 1. The van der Waals surface area contributed by atoms with Gasteiger partial charge < -0.3 is 5.73 Å². The first-order valence-electron chi connectivity index (χ1n) is 2.83. The van der Waals surface area contributed by atoms with E-state index in [2.05, 4.69) is 20.3 Å². The fraction of sp³-hybridized carbons (Fsp3) is 0. The van der Waals surface area contributed by atoms with Crippen LogP contribution in [0.1, 0.15) is 0 Å². The number of nitrogen functional groups attached to an aromatic ring is 1. The number of halogens is 1. The molecule has 12 heavy (non-hydrogen) atoms. The van der Waals surface area contributed by atoms with Crippen molar-refractivity contribution >= 4 is 23.9 Å². The average molecular weight is 189 g/mol. The van der Waals surface area contributed by atoms with Gasteiger partial charge in [-0.15, -0.1) is 22.6 Å². The molecule has 0 amide bonds. The SMILES string of the molecule is Cl.Nc1n[nH]c(=O)n2ncnc12. The topological polar surface area (TPSA) is 102 Å². The molecule has 2 aromatic heterocycles. The van der Waals surface area contributed by atoms with Crippen LogP contribution in [0.2, 0.25) is 0 Å². The molecule has 0 radical (unpaired) electrons. The molecule has 0 saturated heterocycles. The predicted octanol–water partition coefficient (Wildman–Crippen LogP) is -1.18. The lowest BCUT2D eigenvalue weighted by Crippen LogP contribution is -2.20. The van der Waals surface area contributed by atoms with E-state index in [1.54, 1.807) is 0 Å². The van der Waals surface area contributed by atoms with Crippen LogP contribution in [0.3, 0.4) is 0 Å². The number of fused-ring (bicyclic) bond motifs is 1. The van der Waals surface area contributed by atoms with Gasteiger partial charge in [-0.2, -0.15) is 4.52 Å². The Balaban J connectivity index is 0.000000720. The third-order valence-electron chi connectivity index (χ3n) is 1.24. The molecule has 2 aromatic rings. The lowest BCUT2D eigenvalue weighted by atomic mass is 10.7. The molecule has 0 aliphatic rings. The highest BCUT2D eigenvalue weighted by Crippen LogP contribution is 1.98.